The van der Waals surface area contributed by atoms with E-state index in [1.165, 1.54) is 5.57 Å². The van der Waals surface area contributed by atoms with Crippen LogP contribution in [0, 0.1) is 11.3 Å². The Balaban J connectivity index is 2.09. The Morgan fingerprint density at radius 2 is 1.79 bits per heavy atom. The van der Waals surface area contributed by atoms with Crippen molar-refractivity contribution in [3.63, 3.8) is 0 Å². The van der Waals surface area contributed by atoms with Crippen LogP contribution in [0.25, 0.3) is 0 Å². The van der Waals surface area contributed by atoms with Gasteiger partial charge in [0.25, 0.3) is 0 Å². The summed E-state index contributed by atoms with van der Waals surface area (Å²) in [5.74, 6) is 12.8. The molecule has 0 heterocycles. The average molecular weight is 264 g/mol. The normalized spacial score (nSPS) is 24.2. The minimum Gasteiger partial charge on any atom is -0.416 e. The first-order valence-corrected chi connectivity index (χ1v) is 6.90. The molecular formula is C15H24N2O2. The van der Waals surface area contributed by atoms with Crippen LogP contribution in [0.2, 0.25) is 0 Å². The Hall–Kier alpha value is -1.26. The molecule has 2 aliphatic rings. The SMILES string of the molecule is CC(C)(C1=CC=C(ON)CC1)C1CC=C(ON)CC1. The van der Waals surface area contributed by atoms with Crippen LogP contribution in [0.5, 0.6) is 0 Å². The summed E-state index contributed by atoms with van der Waals surface area (Å²) in [5, 5.41) is 0. The van der Waals surface area contributed by atoms with Crippen LogP contribution >= 0.6 is 0 Å². The molecule has 0 aromatic carbocycles. The second-order valence-electron chi connectivity index (χ2n) is 5.92. The van der Waals surface area contributed by atoms with Crippen LogP contribution in [0.1, 0.15) is 46.0 Å². The molecule has 0 aromatic rings. The van der Waals surface area contributed by atoms with Gasteiger partial charge in [0, 0.05) is 12.8 Å². The van der Waals surface area contributed by atoms with E-state index < -0.39 is 0 Å². The number of rotatable bonds is 4. The van der Waals surface area contributed by atoms with Crippen LogP contribution in [0.3, 0.4) is 0 Å². The van der Waals surface area contributed by atoms with E-state index in [1.807, 2.05) is 6.08 Å². The van der Waals surface area contributed by atoms with E-state index in [4.69, 9.17) is 21.5 Å². The molecule has 1 atom stereocenters. The summed E-state index contributed by atoms with van der Waals surface area (Å²) in [6.07, 6.45) is 11.3. The van der Waals surface area contributed by atoms with Gasteiger partial charge in [-0.15, -0.1) is 0 Å². The maximum absolute atomic E-state index is 5.22. The lowest BCUT2D eigenvalue weighted by Gasteiger charge is -2.39. The first kappa shape index (κ1) is 14.2. The zero-order valence-corrected chi connectivity index (χ0v) is 11.8. The maximum atomic E-state index is 5.22. The zero-order valence-electron chi connectivity index (χ0n) is 11.8. The summed E-state index contributed by atoms with van der Waals surface area (Å²) in [6.45, 7) is 4.65. The zero-order chi connectivity index (χ0) is 13.9. The summed E-state index contributed by atoms with van der Waals surface area (Å²) in [4.78, 5) is 9.64. The maximum Gasteiger partial charge on any atom is 0.124 e. The fraction of sp³-hybridized carbons (Fsp3) is 0.600. The molecule has 0 bridgehead atoms. The van der Waals surface area contributed by atoms with Gasteiger partial charge in [-0.2, -0.15) is 11.8 Å². The van der Waals surface area contributed by atoms with E-state index >= 15 is 0 Å². The fourth-order valence-electron chi connectivity index (χ4n) is 3.09. The van der Waals surface area contributed by atoms with Gasteiger partial charge in [0.05, 0.1) is 0 Å². The fourth-order valence-corrected chi connectivity index (χ4v) is 3.09. The van der Waals surface area contributed by atoms with Gasteiger partial charge in [-0.1, -0.05) is 25.5 Å². The largest absolute Gasteiger partial charge is 0.416 e. The third-order valence-electron chi connectivity index (χ3n) is 4.63. The highest BCUT2D eigenvalue weighted by Gasteiger charge is 2.34. The third-order valence-corrected chi connectivity index (χ3v) is 4.63. The van der Waals surface area contributed by atoms with E-state index in [0.29, 0.717) is 5.92 Å². The lowest BCUT2D eigenvalue weighted by Crippen LogP contribution is -2.29. The van der Waals surface area contributed by atoms with Gasteiger partial charge in [0.1, 0.15) is 11.5 Å². The molecule has 2 rings (SSSR count). The monoisotopic (exact) mass is 264 g/mol. The standard InChI is InChI=1S/C15H24N2O2/c1-15(2,11-3-7-13(18-16)8-4-11)12-5-9-14(19-17)10-6-12/h3,7,9,12H,4-6,8,10,16-17H2,1-2H3. The van der Waals surface area contributed by atoms with E-state index in [1.54, 1.807) is 0 Å². The van der Waals surface area contributed by atoms with Crippen LogP contribution in [0.4, 0.5) is 0 Å². The molecule has 4 nitrogen and oxygen atoms in total. The molecule has 1 unspecified atom stereocenters. The lowest BCUT2D eigenvalue weighted by molar-refractivity contribution is 0.165. The second-order valence-corrected chi connectivity index (χ2v) is 5.92. The molecule has 0 saturated carbocycles. The van der Waals surface area contributed by atoms with Crippen molar-refractivity contribution in [3.05, 3.63) is 35.3 Å². The Kier molecular flexibility index (Phi) is 4.32. The van der Waals surface area contributed by atoms with Crippen LogP contribution in [-0.2, 0) is 9.68 Å². The molecule has 0 amide bonds. The number of nitrogens with two attached hydrogens (primary N) is 2. The van der Waals surface area contributed by atoms with E-state index in [2.05, 4.69) is 26.0 Å². The molecule has 106 valence electrons. The highest BCUT2D eigenvalue weighted by Crippen LogP contribution is 2.45. The van der Waals surface area contributed by atoms with Gasteiger partial charge in [0.2, 0.25) is 0 Å². The van der Waals surface area contributed by atoms with Gasteiger partial charge < -0.3 is 9.68 Å². The molecular weight excluding hydrogens is 240 g/mol. The van der Waals surface area contributed by atoms with Crippen molar-refractivity contribution in [2.45, 2.75) is 46.0 Å². The van der Waals surface area contributed by atoms with Gasteiger partial charge in [-0.25, -0.2) is 0 Å². The number of hydrogen-bond donors (Lipinski definition) is 2. The predicted molar refractivity (Wildman–Crippen MR) is 75.1 cm³/mol. The molecule has 4 N–H and O–H groups in total. The Bertz CT molecular complexity index is 422. The van der Waals surface area contributed by atoms with Gasteiger partial charge in [-0.3, -0.25) is 0 Å². The van der Waals surface area contributed by atoms with Crippen molar-refractivity contribution < 1.29 is 9.68 Å². The molecule has 0 saturated heterocycles. The van der Waals surface area contributed by atoms with Crippen molar-refractivity contribution in [1.82, 2.24) is 0 Å². The number of allylic oxidation sites excluding steroid dienone is 6. The predicted octanol–water partition coefficient (Wildman–Crippen LogP) is 3.08. The smallest absolute Gasteiger partial charge is 0.124 e. The molecule has 4 heteroatoms. The molecule has 0 radical (unpaired) electrons. The van der Waals surface area contributed by atoms with Crippen LogP contribution < -0.4 is 11.8 Å². The van der Waals surface area contributed by atoms with Crippen molar-refractivity contribution in [2.75, 3.05) is 0 Å². The third kappa shape index (κ3) is 3.01. The van der Waals surface area contributed by atoms with Crippen molar-refractivity contribution in [3.8, 4) is 0 Å². The Morgan fingerprint density at radius 3 is 2.26 bits per heavy atom. The highest BCUT2D eigenvalue weighted by molar-refractivity contribution is 5.27. The van der Waals surface area contributed by atoms with Crippen molar-refractivity contribution >= 4 is 0 Å². The summed E-state index contributed by atoms with van der Waals surface area (Å²) in [7, 11) is 0. The molecule has 0 fully saturated rings. The molecule has 0 aliphatic heterocycles. The van der Waals surface area contributed by atoms with Crippen molar-refractivity contribution in [1.29, 1.82) is 0 Å². The summed E-state index contributed by atoms with van der Waals surface area (Å²) in [6, 6.07) is 0. The quantitative estimate of drug-likeness (QED) is 0.765. The molecule has 0 spiro atoms. The molecule has 0 aromatic heterocycles. The Labute approximate surface area is 115 Å². The minimum atomic E-state index is 0.188. The average Bonchev–Trinajstić information content (AvgIpc) is 2.47. The summed E-state index contributed by atoms with van der Waals surface area (Å²) >= 11 is 0. The topological polar surface area (TPSA) is 70.5 Å². The summed E-state index contributed by atoms with van der Waals surface area (Å²) in [5.41, 5.74) is 1.66. The van der Waals surface area contributed by atoms with E-state index in [-0.39, 0.29) is 5.41 Å². The Morgan fingerprint density at radius 1 is 1.05 bits per heavy atom. The van der Waals surface area contributed by atoms with Gasteiger partial charge in [-0.05, 0) is 42.7 Å². The van der Waals surface area contributed by atoms with Crippen LogP contribution in [0.15, 0.2) is 35.3 Å². The summed E-state index contributed by atoms with van der Waals surface area (Å²) < 4.78 is 0. The van der Waals surface area contributed by atoms with Gasteiger partial charge >= 0.3 is 0 Å². The first-order chi connectivity index (χ1) is 9.07. The van der Waals surface area contributed by atoms with Crippen molar-refractivity contribution in [2.24, 2.45) is 23.1 Å². The van der Waals surface area contributed by atoms with Crippen LogP contribution in [-0.4, -0.2) is 0 Å². The van der Waals surface area contributed by atoms with E-state index in [0.717, 1.165) is 43.6 Å². The second kappa shape index (κ2) is 5.80. The number of hydrogen-bond acceptors (Lipinski definition) is 4. The molecule has 2 aliphatic carbocycles. The lowest BCUT2D eigenvalue weighted by atomic mass is 9.66. The first-order valence-electron chi connectivity index (χ1n) is 6.90. The van der Waals surface area contributed by atoms with Gasteiger partial charge in [0.15, 0.2) is 0 Å². The van der Waals surface area contributed by atoms with E-state index in [9.17, 15) is 0 Å². The minimum absolute atomic E-state index is 0.188. The molecule has 19 heavy (non-hydrogen) atoms. The highest BCUT2D eigenvalue weighted by atomic mass is 16.6.